The van der Waals surface area contributed by atoms with Gasteiger partial charge < -0.3 is 15.4 Å². The lowest BCUT2D eigenvalue weighted by Gasteiger charge is -2.49. The molecule has 27 heavy (non-hydrogen) atoms. The standard InChI is InChI=1S/C22H33N3O2/c1-2-23-21(26)24-20-8-3-4-11-22(20)16-25(12-13-27-22)15-17-9-10-18-6-5-7-19(18)14-17/h9-10,14,20H,2-8,11-13,15-16H2,1H3,(H2,23,24,26)/t20-,22+/m1/s1. The summed E-state index contributed by atoms with van der Waals surface area (Å²) < 4.78 is 6.36. The maximum absolute atomic E-state index is 12.1. The first-order valence-electron chi connectivity index (χ1n) is 10.7. The average Bonchev–Trinajstić information content (AvgIpc) is 3.12. The van der Waals surface area contributed by atoms with E-state index >= 15 is 0 Å². The van der Waals surface area contributed by atoms with Gasteiger partial charge >= 0.3 is 6.03 Å². The maximum Gasteiger partial charge on any atom is 0.315 e. The Morgan fingerprint density at radius 1 is 1.26 bits per heavy atom. The van der Waals surface area contributed by atoms with E-state index in [1.165, 1.54) is 36.8 Å². The highest BCUT2D eigenvalue weighted by Gasteiger charge is 2.45. The molecule has 2 aliphatic carbocycles. The van der Waals surface area contributed by atoms with Crippen LogP contribution in [0.15, 0.2) is 18.2 Å². The summed E-state index contributed by atoms with van der Waals surface area (Å²) >= 11 is 0. The molecular weight excluding hydrogens is 338 g/mol. The number of amides is 2. The number of ether oxygens (including phenoxy) is 1. The molecule has 3 aliphatic rings. The number of rotatable bonds is 4. The van der Waals surface area contributed by atoms with Gasteiger partial charge in [-0.15, -0.1) is 0 Å². The molecule has 1 aromatic carbocycles. The van der Waals surface area contributed by atoms with Crippen molar-refractivity contribution in [3.05, 3.63) is 34.9 Å². The van der Waals surface area contributed by atoms with E-state index in [0.717, 1.165) is 45.5 Å². The van der Waals surface area contributed by atoms with E-state index in [2.05, 4.69) is 33.7 Å². The minimum absolute atomic E-state index is 0.0666. The zero-order valence-corrected chi connectivity index (χ0v) is 16.6. The molecule has 1 spiro atoms. The van der Waals surface area contributed by atoms with Gasteiger partial charge in [0.25, 0.3) is 0 Å². The number of fused-ring (bicyclic) bond motifs is 1. The number of hydrogen-bond acceptors (Lipinski definition) is 3. The van der Waals surface area contributed by atoms with Crippen molar-refractivity contribution in [2.24, 2.45) is 0 Å². The molecule has 2 atom stereocenters. The van der Waals surface area contributed by atoms with E-state index in [1.54, 1.807) is 5.56 Å². The van der Waals surface area contributed by atoms with Crippen molar-refractivity contribution in [3.63, 3.8) is 0 Å². The Balaban J connectivity index is 1.44. The van der Waals surface area contributed by atoms with Crippen LogP contribution in [0.1, 0.15) is 55.7 Å². The molecule has 1 saturated heterocycles. The molecule has 4 rings (SSSR count). The quantitative estimate of drug-likeness (QED) is 0.855. The van der Waals surface area contributed by atoms with Gasteiger partial charge in [0.1, 0.15) is 5.60 Å². The Labute approximate surface area is 162 Å². The summed E-state index contributed by atoms with van der Waals surface area (Å²) in [6.07, 6.45) is 8.15. The van der Waals surface area contributed by atoms with Gasteiger partial charge in [-0.05, 0) is 55.7 Å². The molecule has 0 bridgehead atoms. The summed E-state index contributed by atoms with van der Waals surface area (Å²) in [5.41, 5.74) is 4.26. The van der Waals surface area contributed by atoms with Crippen molar-refractivity contribution in [1.29, 1.82) is 0 Å². The molecule has 2 amide bonds. The van der Waals surface area contributed by atoms with Crippen molar-refractivity contribution in [2.45, 2.75) is 70.1 Å². The number of hydrogen-bond donors (Lipinski definition) is 2. The van der Waals surface area contributed by atoms with Crippen LogP contribution in [0, 0.1) is 0 Å². The van der Waals surface area contributed by atoms with Crippen LogP contribution in [0.2, 0.25) is 0 Å². The topological polar surface area (TPSA) is 53.6 Å². The highest BCUT2D eigenvalue weighted by Crippen LogP contribution is 2.35. The monoisotopic (exact) mass is 371 g/mol. The fourth-order valence-electron chi connectivity index (χ4n) is 5.14. The van der Waals surface area contributed by atoms with E-state index in [-0.39, 0.29) is 17.7 Å². The summed E-state index contributed by atoms with van der Waals surface area (Å²) in [4.78, 5) is 14.7. The van der Waals surface area contributed by atoms with Crippen LogP contribution in [0.4, 0.5) is 4.79 Å². The molecular formula is C22H33N3O2. The third-order valence-corrected chi connectivity index (χ3v) is 6.48. The van der Waals surface area contributed by atoms with Crippen LogP contribution >= 0.6 is 0 Å². The number of urea groups is 1. The second-order valence-electron chi connectivity index (χ2n) is 8.38. The van der Waals surface area contributed by atoms with Gasteiger partial charge in [-0.2, -0.15) is 0 Å². The van der Waals surface area contributed by atoms with Gasteiger partial charge in [0.15, 0.2) is 0 Å². The van der Waals surface area contributed by atoms with E-state index in [0.29, 0.717) is 6.54 Å². The Hall–Kier alpha value is -1.59. The fraction of sp³-hybridized carbons (Fsp3) is 0.682. The summed E-state index contributed by atoms with van der Waals surface area (Å²) in [5, 5.41) is 6.07. The Kier molecular flexibility index (Phi) is 5.69. The smallest absolute Gasteiger partial charge is 0.315 e. The molecule has 2 N–H and O–H groups in total. The van der Waals surface area contributed by atoms with E-state index in [1.807, 2.05) is 6.92 Å². The summed E-state index contributed by atoms with van der Waals surface area (Å²) in [5.74, 6) is 0. The SMILES string of the molecule is CCNC(=O)N[C@@H]1CCCC[C@]12CN(Cc1ccc3c(c1)CCC3)CCO2. The van der Waals surface area contributed by atoms with E-state index < -0.39 is 0 Å². The number of nitrogens with one attached hydrogen (secondary N) is 2. The minimum atomic E-state index is -0.238. The van der Waals surface area contributed by atoms with Crippen molar-refractivity contribution < 1.29 is 9.53 Å². The second-order valence-corrected chi connectivity index (χ2v) is 8.38. The fourth-order valence-corrected chi connectivity index (χ4v) is 5.14. The van der Waals surface area contributed by atoms with Crippen molar-refractivity contribution in [3.8, 4) is 0 Å². The van der Waals surface area contributed by atoms with Crippen LogP contribution in [0.5, 0.6) is 0 Å². The van der Waals surface area contributed by atoms with Crippen LogP contribution in [-0.4, -0.2) is 48.8 Å². The largest absolute Gasteiger partial charge is 0.370 e. The number of benzene rings is 1. The number of nitrogens with zero attached hydrogens (tertiary/aromatic N) is 1. The van der Waals surface area contributed by atoms with Crippen LogP contribution in [0.25, 0.3) is 0 Å². The molecule has 148 valence electrons. The number of carbonyl (C=O) groups excluding carboxylic acids is 1. The summed E-state index contributed by atoms with van der Waals surface area (Å²) in [6, 6.07) is 7.07. The maximum atomic E-state index is 12.1. The zero-order valence-electron chi connectivity index (χ0n) is 16.6. The molecule has 1 aromatic rings. The molecule has 0 radical (unpaired) electrons. The molecule has 0 unspecified atom stereocenters. The van der Waals surface area contributed by atoms with Crippen molar-refractivity contribution in [1.82, 2.24) is 15.5 Å². The third kappa shape index (κ3) is 4.14. The van der Waals surface area contributed by atoms with Gasteiger partial charge in [-0.1, -0.05) is 31.0 Å². The molecule has 1 heterocycles. The highest BCUT2D eigenvalue weighted by molar-refractivity contribution is 5.74. The predicted octanol–water partition coefficient (Wildman–Crippen LogP) is 3.01. The van der Waals surface area contributed by atoms with Crippen molar-refractivity contribution >= 4 is 6.03 Å². The molecule has 5 heteroatoms. The summed E-state index contributed by atoms with van der Waals surface area (Å²) in [7, 11) is 0. The van der Waals surface area contributed by atoms with E-state index in [4.69, 9.17) is 4.74 Å². The Morgan fingerprint density at radius 2 is 2.15 bits per heavy atom. The Bertz CT molecular complexity index is 674. The number of morpholine rings is 1. The lowest BCUT2D eigenvalue weighted by atomic mass is 9.79. The Morgan fingerprint density at radius 3 is 3.04 bits per heavy atom. The van der Waals surface area contributed by atoms with Gasteiger partial charge in [-0.25, -0.2) is 4.79 Å². The molecule has 0 aromatic heterocycles. The van der Waals surface area contributed by atoms with Gasteiger partial charge in [-0.3, -0.25) is 4.90 Å². The highest BCUT2D eigenvalue weighted by atomic mass is 16.5. The normalized spacial score (nSPS) is 28.1. The molecule has 1 aliphatic heterocycles. The first kappa shape index (κ1) is 18.8. The zero-order chi connectivity index (χ0) is 18.7. The molecule has 5 nitrogen and oxygen atoms in total. The second kappa shape index (κ2) is 8.19. The van der Waals surface area contributed by atoms with Gasteiger partial charge in [0.2, 0.25) is 0 Å². The molecule has 2 fully saturated rings. The number of aryl methyl sites for hydroxylation is 2. The lowest BCUT2D eigenvalue weighted by molar-refractivity contribution is -0.142. The third-order valence-electron chi connectivity index (χ3n) is 6.48. The minimum Gasteiger partial charge on any atom is -0.370 e. The van der Waals surface area contributed by atoms with Gasteiger partial charge in [0.05, 0.1) is 12.6 Å². The lowest BCUT2D eigenvalue weighted by Crippen LogP contribution is -2.64. The first-order valence-corrected chi connectivity index (χ1v) is 10.7. The van der Waals surface area contributed by atoms with E-state index in [9.17, 15) is 4.79 Å². The van der Waals surface area contributed by atoms with Crippen LogP contribution in [-0.2, 0) is 24.1 Å². The van der Waals surface area contributed by atoms with Gasteiger partial charge in [0, 0.05) is 26.2 Å². The number of carbonyl (C=O) groups is 1. The van der Waals surface area contributed by atoms with Crippen LogP contribution in [0.3, 0.4) is 0 Å². The van der Waals surface area contributed by atoms with Crippen LogP contribution < -0.4 is 10.6 Å². The predicted molar refractivity (Wildman–Crippen MR) is 107 cm³/mol. The average molecular weight is 372 g/mol. The summed E-state index contributed by atoms with van der Waals surface area (Å²) in [6.45, 7) is 6.20. The first-order chi connectivity index (χ1) is 13.2. The molecule has 1 saturated carbocycles. The van der Waals surface area contributed by atoms with Crippen molar-refractivity contribution in [2.75, 3.05) is 26.2 Å².